The Morgan fingerprint density at radius 3 is 2.64 bits per heavy atom. The maximum Gasteiger partial charge on any atom is 0.315 e. The Morgan fingerprint density at radius 2 is 1.82 bits per heavy atom. The smallest absolute Gasteiger partial charge is 0.315 e. The van der Waals surface area contributed by atoms with Gasteiger partial charge >= 0.3 is 6.03 Å². The summed E-state index contributed by atoms with van der Waals surface area (Å²) in [4.78, 5) is 14.6. The lowest BCUT2D eigenvalue weighted by Crippen LogP contribution is -2.41. The van der Waals surface area contributed by atoms with Crippen LogP contribution in [0.3, 0.4) is 0 Å². The molecule has 0 spiro atoms. The Labute approximate surface area is 165 Å². The van der Waals surface area contributed by atoms with Crippen LogP contribution in [0.5, 0.6) is 0 Å². The molecule has 4 rings (SSSR count). The number of rotatable bonds is 6. The van der Waals surface area contributed by atoms with E-state index in [4.69, 9.17) is 4.42 Å². The van der Waals surface area contributed by atoms with Gasteiger partial charge in [-0.2, -0.15) is 0 Å². The normalized spacial score (nSPS) is 15.6. The van der Waals surface area contributed by atoms with E-state index in [9.17, 15) is 4.79 Å². The van der Waals surface area contributed by atoms with Crippen LogP contribution in [0.25, 0.3) is 10.8 Å². The van der Waals surface area contributed by atoms with Crippen molar-refractivity contribution in [1.82, 2.24) is 15.5 Å². The number of fused-ring (bicyclic) bond motifs is 1. The maximum atomic E-state index is 12.2. The first kappa shape index (κ1) is 18.6. The molecular formula is C23H27N3O2. The van der Waals surface area contributed by atoms with Crippen LogP contribution in [-0.2, 0) is 13.1 Å². The number of benzene rings is 2. The molecule has 0 unspecified atom stereocenters. The zero-order valence-corrected chi connectivity index (χ0v) is 16.1. The highest BCUT2D eigenvalue weighted by Crippen LogP contribution is 2.19. The molecule has 1 aromatic heterocycles. The number of carbonyl (C=O) groups excluding carboxylic acids is 1. The standard InChI is InChI=1S/C23H27N3O2/c27-23(25-16-20-7-3-6-19-5-1-2-9-22(19)20)24-15-18-10-12-26(13-11-18)17-21-8-4-14-28-21/h1-9,14,18H,10-13,15-17H2,(H2,24,25,27). The zero-order valence-electron chi connectivity index (χ0n) is 16.1. The Bertz CT molecular complexity index is 894. The van der Waals surface area contributed by atoms with E-state index >= 15 is 0 Å². The fraction of sp³-hybridized carbons (Fsp3) is 0.348. The second-order valence-corrected chi connectivity index (χ2v) is 7.50. The van der Waals surface area contributed by atoms with E-state index in [0.717, 1.165) is 50.3 Å². The second-order valence-electron chi connectivity index (χ2n) is 7.50. The molecule has 1 aliphatic rings. The molecular weight excluding hydrogens is 350 g/mol. The van der Waals surface area contributed by atoms with Gasteiger partial charge in [0.25, 0.3) is 0 Å². The lowest BCUT2D eigenvalue weighted by molar-refractivity contribution is 0.165. The highest BCUT2D eigenvalue weighted by Gasteiger charge is 2.20. The molecule has 2 amide bonds. The number of nitrogens with one attached hydrogen (secondary N) is 2. The van der Waals surface area contributed by atoms with Gasteiger partial charge in [-0.3, -0.25) is 4.90 Å². The minimum Gasteiger partial charge on any atom is -0.468 e. The lowest BCUT2D eigenvalue weighted by Gasteiger charge is -2.31. The molecule has 0 bridgehead atoms. The third-order valence-electron chi connectivity index (χ3n) is 5.54. The zero-order chi connectivity index (χ0) is 19.2. The molecule has 3 aromatic rings. The summed E-state index contributed by atoms with van der Waals surface area (Å²) in [6.45, 7) is 4.23. The predicted molar refractivity (Wildman–Crippen MR) is 111 cm³/mol. The molecule has 28 heavy (non-hydrogen) atoms. The van der Waals surface area contributed by atoms with Gasteiger partial charge in [-0.15, -0.1) is 0 Å². The van der Waals surface area contributed by atoms with Crippen LogP contribution in [0.2, 0.25) is 0 Å². The van der Waals surface area contributed by atoms with Gasteiger partial charge in [-0.05, 0) is 60.3 Å². The van der Waals surface area contributed by atoms with Crippen LogP contribution >= 0.6 is 0 Å². The average Bonchev–Trinajstić information content (AvgIpc) is 3.25. The molecule has 0 radical (unpaired) electrons. The van der Waals surface area contributed by atoms with Crippen molar-refractivity contribution >= 4 is 16.8 Å². The monoisotopic (exact) mass is 377 g/mol. The van der Waals surface area contributed by atoms with Crippen molar-refractivity contribution in [2.75, 3.05) is 19.6 Å². The topological polar surface area (TPSA) is 57.5 Å². The molecule has 0 saturated carbocycles. The molecule has 5 heteroatoms. The molecule has 1 saturated heterocycles. The Morgan fingerprint density at radius 1 is 1.00 bits per heavy atom. The molecule has 1 aliphatic heterocycles. The predicted octanol–water partition coefficient (Wildman–Crippen LogP) is 4.14. The van der Waals surface area contributed by atoms with Crippen molar-refractivity contribution < 1.29 is 9.21 Å². The van der Waals surface area contributed by atoms with Crippen LogP contribution in [0.15, 0.2) is 65.3 Å². The van der Waals surface area contributed by atoms with Crippen molar-refractivity contribution in [3.8, 4) is 0 Å². The van der Waals surface area contributed by atoms with E-state index in [2.05, 4.69) is 39.8 Å². The highest BCUT2D eigenvalue weighted by atomic mass is 16.3. The Kier molecular flexibility index (Phi) is 5.92. The summed E-state index contributed by atoms with van der Waals surface area (Å²) in [6, 6.07) is 18.3. The molecule has 2 N–H and O–H groups in total. The van der Waals surface area contributed by atoms with Crippen molar-refractivity contribution in [3.05, 3.63) is 72.2 Å². The molecule has 2 heterocycles. The number of amides is 2. The minimum absolute atomic E-state index is 0.0917. The summed E-state index contributed by atoms with van der Waals surface area (Å²) in [5.41, 5.74) is 1.14. The number of furan rings is 1. The number of likely N-dealkylation sites (tertiary alicyclic amines) is 1. The van der Waals surface area contributed by atoms with Crippen LogP contribution in [0.1, 0.15) is 24.2 Å². The van der Waals surface area contributed by atoms with Crippen LogP contribution < -0.4 is 10.6 Å². The summed E-state index contributed by atoms with van der Waals surface area (Å²) in [7, 11) is 0. The van der Waals surface area contributed by atoms with Crippen LogP contribution in [0, 0.1) is 5.92 Å². The first-order chi connectivity index (χ1) is 13.8. The number of urea groups is 1. The van der Waals surface area contributed by atoms with Gasteiger partial charge in [-0.1, -0.05) is 42.5 Å². The Balaban J connectivity index is 1.19. The van der Waals surface area contributed by atoms with Crippen molar-refractivity contribution in [2.45, 2.75) is 25.9 Å². The molecule has 0 atom stereocenters. The number of carbonyl (C=O) groups is 1. The molecule has 146 valence electrons. The fourth-order valence-corrected chi connectivity index (χ4v) is 3.89. The summed E-state index contributed by atoms with van der Waals surface area (Å²) < 4.78 is 5.43. The SMILES string of the molecule is O=C(NCc1cccc2ccccc12)NCC1CCN(Cc2ccco2)CC1. The quantitative estimate of drug-likeness (QED) is 0.679. The summed E-state index contributed by atoms with van der Waals surface area (Å²) in [5.74, 6) is 1.56. The largest absolute Gasteiger partial charge is 0.468 e. The Hall–Kier alpha value is -2.79. The average molecular weight is 377 g/mol. The van der Waals surface area contributed by atoms with Gasteiger partial charge in [0, 0.05) is 13.1 Å². The van der Waals surface area contributed by atoms with Gasteiger partial charge in [0.15, 0.2) is 0 Å². The van der Waals surface area contributed by atoms with Crippen LogP contribution in [0.4, 0.5) is 4.79 Å². The second kappa shape index (κ2) is 8.93. The van der Waals surface area contributed by atoms with Gasteiger partial charge in [0.05, 0.1) is 12.8 Å². The molecule has 1 fully saturated rings. The van der Waals surface area contributed by atoms with Crippen LogP contribution in [-0.4, -0.2) is 30.6 Å². The molecule has 0 aliphatic carbocycles. The van der Waals surface area contributed by atoms with Gasteiger partial charge < -0.3 is 15.1 Å². The van der Waals surface area contributed by atoms with E-state index in [1.165, 1.54) is 10.8 Å². The first-order valence-electron chi connectivity index (χ1n) is 10.0. The highest BCUT2D eigenvalue weighted by molar-refractivity contribution is 5.86. The van der Waals surface area contributed by atoms with Crippen molar-refractivity contribution in [3.63, 3.8) is 0 Å². The van der Waals surface area contributed by atoms with E-state index in [-0.39, 0.29) is 6.03 Å². The van der Waals surface area contributed by atoms with Gasteiger partial charge in [0.1, 0.15) is 5.76 Å². The number of hydrogen-bond donors (Lipinski definition) is 2. The van der Waals surface area contributed by atoms with Crippen molar-refractivity contribution in [1.29, 1.82) is 0 Å². The lowest BCUT2D eigenvalue weighted by atomic mass is 9.97. The third-order valence-corrected chi connectivity index (χ3v) is 5.54. The van der Waals surface area contributed by atoms with Gasteiger partial charge in [0.2, 0.25) is 0 Å². The fourth-order valence-electron chi connectivity index (χ4n) is 3.89. The first-order valence-corrected chi connectivity index (χ1v) is 10.0. The third kappa shape index (κ3) is 4.73. The summed E-state index contributed by atoms with van der Waals surface area (Å²) >= 11 is 0. The number of piperidine rings is 1. The van der Waals surface area contributed by atoms with Crippen molar-refractivity contribution in [2.24, 2.45) is 5.92 Å². The summed E-state index contributed by atoms with van der Waals surface area (Å²) in [6.07, 6.45) is 3.93. The van der Waals surface area contributed by atoms with E-state index in [1.54, 1.807) is 6.26 Å². The van der Waals surface area contributed by atoms with E-state index in [1.807, 2.05) is 30.3 Å². The molecule has 5 nitrogen and oxygen atoms in total. The van der Waals surface area contributed by atoms with E-state index in [0.29, 0.717) is 12.5 Å². The maximum absolute atomic E-state index is 12.2. The number of nitrogens with zero attached hydrogens (tertiary/aromatic N) is 1. The van der Waals surface area contributed by atoms with E-state index < -0.39 is 0 Å². The molecule has 2 aromatic carbocycles. The minimum atomic E-state index is -0.0917. The van der Waals surface area contributed by atoms with Gasteiger partial charge in [-0.25, -0.2) is 4.79 Å². The number of hydrogen-bond acceptors (Lipinski definition) is 3. The summed E-state index contributed by atoms with van der Waals surface area (Å²) in [5, 5.41) is 8.43.